The molecule has 1 unspecified atom stereocenters. The van der Waals surface area contributed by atoms with Gasteiger partial charge in [-0.05, 0) is 25.8 Å². The molecule has 6 nitrogen and oxygen atoms in total. The zero-order valence-electron chi connectivity index (χ0n) is 13.9. The van der Waals surface area contributed by atoms with Crippen molar-refractivity contribution in [1.82, 2.24) is 19.7 Å². The summed E-state index contributed by atoms with van der Waals surface area (Å²) in [6, 6.07) is 6.48. The molecule has 128 valence electrons. The van der Waals surface area contributed by atoms with Gasteiger partial charge in [0.25, 0.3) is 5.91 Å². The van der Waals surface area contributed by atoms with Crippen molar-refractivity contribution in [2.75, 3.05) is 20.2 Å². The number of likely N-dealkylation sites (tertiary alicyclic amines) is 1. The smallest absolute Gasteiger partial charge is 0.259 e. The fourth-order valence-corrected chi connectivity index (χ4v) is 3.20. The van der Waals surface area contributed by atoms with E-state index >= 15 is 0 Å². The van der Waals surface area contributed by atoms with Crippen LogP contribution in [0.2, 0.25) is 0 Å². The molecule has 1 atom stereocenters. The second kappa shape index (κ2) is 6.68. The number of methoxy groups -OCH3 is 1. The second-order valence-electron chi connectivity index (χ2n) is 6.12. The summed E-state index contributed by atoms with van der Waals surface area (Å²) >= 11 is 0. The molecule has 2 heterocycles. The zero-order chi connectivity index (χ0) is 17.2. The largest absolute Gasteiger partial charge is 0.364 e. The Morgan fingerprint density at radius 1 is 1.33 bits per heavy atom. The molecule has 0 spiro atoms. The summed E-state index contributed by atoms with van der Waals surface area (Å²) < 4.78 is 21.5. The van der Waals surface area contributed by atoms with Crippen molar-refractivity contribution in [2.24, 2.45) is 0 Å². The Bertz CT molecular complexity index is 698. The number of hydrogen-bond acceptors (Lipinski definition) is 4. The first-order valence-electron chi connectivity index (χ1n) is 8.00. The first kappa shape index (κ1) is 16.6. The highest BCUT2D eigenvalue weighted by atomic mass is 19.1. The third kappa shape index (κ3) is 2.91. The topological polar surface area (TPSA) is 60.2 Å². The maximum absolute atomic E-state index is 14.2. The van der Waals surface area contributed by atoms with Crippen LogP contribution in [0.15, 0.2) is 36.9 Å². The van der Waals surface area contributed by atoms with E-state index in [0.29, 0.717) is 13.1 Å². The SMILES string of the molecule is COC(C)(C(=O)N1CCC(n2cncn2)CC1)c1ccccc1F. The van der Waals surface area contributed by atoms with Crippen LogP contribution in [0, 0.1) is 5.82 Å². The van der Waals surface area contributed by atoms with Crippen LogP contribution in [-0.2, 0) is 15.1 Å². The number of amides is 1. The number of aromatic nitrogens is 3. The molecular formula is C17H21FN4O2. The third-order valence-electron chi connectivity index (χ3n) is 4.77. The molecule has 7 heteroatoms. The molecule has 0 N–H and O–H groups in total. The standard InChI is InChI=1S/C17H21FN4O2/c1-17(24-2,14-5-3-4-6-15(14)18)16(23)21-9-7-13(8-10-21)22-12-19-11-20-22/h3-6,11-13H,7-10H2,1-2H3. The number of nitrogens with zero attached hydrogens (tertiary/aromatic N) is 4. The van der Waals surface area contributed by atoms with Gasteiger partial charge in [0.15, 0.2) is 5.60 Å². The van der Waals surface area contributed by atoms with Gasteiger partial charge < -0.3 is 9.64 Å². The van der Waals surface area contributed by atoms with Crippen molar-refractivity contribution in [3.63, 3.8) is 0 Å². The van der Waals surface area contributed by atoms with E-state index in [1.54, 1.807) is 36.4 Å². The van der Waals surface area contributed by atoms with Crippen LogP contribution in [0.4, 0.5) is 4.39 Å². The van der Waals surface area contributed by atoms with Gasteiger partial charge in [0, 0.05) is 25.8 Å². The lowest BCUT2D eigenvalue weighted by atomic mass is 9.92. The number of rotatable bonds is 4. The Kier molecular flexibility index (Phi) is 4.62. The van der Waals surface area contributed by atoms with E-state index in [0.717, 1.165) is 12.8 Å². The summed E-state index contributed by atoms with van der Waals surface area (Å²) in [4.78, 5) is 18.7. The molecule has 24 heavy (non-hydrogen) atoms. The molecule has 0 aliphatic carbocycles. The van der Waals surface area contributed by atoms with Gasteiger partial charge in [-0.25, -0.2) is 14.1 Å². The predicted octanol–water partition coefficient (Wildman–Crippen LogP) is 2.14. The molecule has 1 saturated heterocycles. The van der Waals surface area contributed by atoms with Gasteiger partial charge in [-0.15, -0.1) is 0 Å². The van der Waals surface area contributed by atoms with Crippen molar-refractivity contribution in [3.8, 4) is 0 Å². The maximum atomic E-state index is 14.2. The highest BCUT2D eigenvalue weighted by molar-refractivity contribution is 5.86. The van der Waals surface area contributed by atoms with E-state index in [-0.39, 0.29) is 17.5 Å². The highest BCUT2D eigenvalue weighted by Gasteiger charge is 2.41. The van der Waals surface area contributed by atoms with Crippen LogP contribution in [-0.4, -0.2) is 45.8 Å². The molecule has 0 saturated carbocycles. The number of halogens is 1. The predicted molar refractivity (Wildman–Crippen MR) is 85.6 cm³/mol. The molecule has 1 fully saturated rings. The Balaban J connectivity index is 1.75. The average Bonchev–Trinajstić information content (AvgIpc) is 3.15. The maximum Gasteiger partial charge on any atom is 0.259 e. The molecule has 0 bridgehead atoms. The van der Waals surface area contributed by atoms with Gasteiger partial charge in [-0.3, -0.25) is 4.79 Å². The highest BCUT2D eigenvalue weighted by Crippen LogP contribution is 2.31. The van der Waals surface area contributed by atoms with Gasteiger partial charge >= 0.3 is 0 Å². The Labute approximate surface area is 140 Å². The van der Waals surface area contributed by atoms with Gasteiger partial charge in [0.1, 0.15) is 18.5 Å². The summed E-state index contributed by atoms with van der Waals surface area (Å²) in [6.45, 7) is 2.78. The number of ether oxygens (including phenoxy) is 1. The van der Waals surface area contributed by atoms with E-state index < -0.39 is 11.4 Å². The fourth-order valence-electron chi connectivity index (χ4n) is 3.20. The number of carbonyl (C=O) groups excluding carboxylic acids is 1. The summed E-state index contributed by atoms with van der Waals surface area (Å²) in [7, 11) is 1.44. The lowest BCUT2D eigenvalue weighted by Gasteiger charge is -2.38. The molecule has 1 amide bonds. The fraction of sp³-hybridized carbons (Fsp3) is 0.471. The minimum Gasteiger partial charge on any atom is -0.364 e. The van der Waals surface area contributed by atoms with Crippen LogP contribution in [0.25, 0.3) is 0 Å². The first-order valence-corrected chi connectivity index (χ1v) is 8.00. The Morgan fingerprint density at radius 2 is 2.04 bits per heavy atom. The van der Waals surface area contributed by atoms with Crippen molar-refractivity contribution < 1.29 is 13.9 Å². The van der Waals surface area contributed by atoms with Crippen LogP contribution in [0.3, 0.4) is 0 Å². The van der Waals surface area contributed by atoms with Crippen molar-refractivity contribution in [3.05, 3.63) is 48.3 Å². The van der Waals surface area contributed by atoms with Gasteiger partial charge in [-0.2, -0.15) is 5.10 Å². The third-order valence-corrected chi connectivity index (χ3v) is 4.77. The van der Waals surface area contributed by atoms with Gasteiger partial charge in [0.05, 0.1) is 6.04 Å². The summed E-state index contributed by atoms with van der Waals surface area (Å²) in [6.07, 6.45) is 4.77. The van der Waals surface area contributed by atoms with E-state index in [2.05, 4.69) is 10.1 Å². The molecule has 1 aliphatic rings. The summed E-state index contributed by atoms with van der Waals surface area (Å²) in [5.41, 5.74) is -1.07. The van der Waals surface area contributed by atoms with Crippen molar-refractivity contribution in [1.29, 1.82) is 0 Å². The number of carbonyl (C=O) groups is 1. The first-order chi connectivity index (χ1) is 11.6. The molecule has 2 aromatic rings. The summed E-state index contributed by atoms with van der Waals surface area (Å²) in [5, 5.41) is 4.16. The van der Waals surface area contributed by atoms with Gasteiger partial charge in [-0.1, -0.05) is 18.2 Å². The van der Waals surface area contributed by atoms with Crippen LogP contribution in [0.1, 0.15) is 31.4 Å². The minimum atomic E-state index is -1.33. The lowest BCUT2D eigenvalue weighted by Crippen LogP contribution is -2.49. The molecule has 1 aromatic heterocycles. The molecule has 3 rings (SSSR count). The Morgan fingerprint density at radius 3 is 2.62 bits per heavy atom. The zero-order valence-corrected chi connectivity index (χ0v) is 13.9. The summed E-state index contributed by atoms with van der Waals surface area (Å²) in [5.74, 6) is -0.653. The quantitative estimate of drug-likeness (QED) is 0.861. The van der Waals surface area contributed by atoms with Gasteiger partial charge in [0.2, 0.25) is 0 Å². The van der Waals surface area contributed by atoms with E-state index in [4.69, 9.17) is 4.74 Å². The van der Waals surface area contributed by atoms with Crippen LogP contribution in [0.5, 0.6) is 0 Å². The average molecular weight is 332 g/mol. The van der Waals surface area contributed by atoms with Crippen molar-refractivity contribution >= 4 is 5.91 Å². The molecule has 1 aromatic carbocycles. The molecule has 1 aliphatic heterocycles. The minimum absolute atomic E-state index is 0.216. The second-order valence-corrected chi connectivity index (χ2v) is 6.12. The number of piperidine rings is 1. The van der Waals surface area contributed by atoms with Crippen LogP contribution < -0.4 is 0 Å². The number of hydrogen-bond donors (Lipinski definition) is 0. The monoisotopic (exact) mass is 332 g/mol. The normalized spacial score (nSPS) is 18.4. The molecule has 0 radical (unpaired) electrons. The van der Waals surface area contributed by atoms with E-state index in [1.807, 2.05) is 4.68 Å². The Hall–Kier alpha value is -2.28. The van der Waals surface area contributed by atoms with E-state index in [1.165, 1.54) is 19.5 Å². The molecular weight excluding hydrogens is 311 g/mol. The lowest BCUT2D eigenvalue weighted by molar-refractivity contribution is -0.156. The van der Waals surface area contributed by atoms with Crippen molar-refractivity contribution in [2.45, 2.75) is 31.4 Å². The van der Waals surface area contributed by atoms with Crippen LogP contribution >= 0.6 is 0 Å². The van der Waals surface area contributed by atoms with E-state index in [9.17, 15) is 9.18 Å². The number of benzene rings is 1.